The Bertz CT molecular complexity index is 1360. The molecular weight excluding hydrogens is 389 g/mol. The maximum Gasteiger partial charge on any atom is 0.134 e. The predicted molar refractivity (Wildman–Crippen MR) is 117 cm³/mol. The van der Waals surface area contributed by atoms with Crippen LogP contribution in [0.15, 0.2) is 84.1 Å². The lowest BCUT2D eigenvalue weighted by Crippen LogP contribution is -2.41. The lowest BCUT2D eigenvalue weighted by Gasteiger charge is -2.31. The summed E-state index contributed by atoms with van der Waals surface area (Å²) in [6, 6.07) is 21.5. The molecule has 3 heterocycles. The van der Waals surface area contributed by atoms with Crippen molar-refractivity contribution in [3.8, 4) is 6.07 Å². The Morgan fingerprint density at radius 1 is 0.968 bits per heavy atom. The van der Waals surface area contributed by atoms with Gasteiger partial charge in [0.2, 0.25) is 0 Å². The zero-order valence-corrected chi connectivity index (χ0v) is 16.7. The van der Waals surface area contributed by atoms with E-state index in [0.717, 1.165) is 27.7 Å². The normalized spacial score (nSPS) is 20.2. The van der Waals surface area contributed by atoms with Crippen molar-refractivity contribution in [1.82, 2.24) is 15.3 Å². The molecule has 6 heteroatoms. The summed E-state index contributed by atoms with van der Waals surface area (Å²) in [4.78, 5) is 14.2. The lowest BCUT2D eigenvalue weighted by molar-refractivity contribution is 0.452. The Morgan fingerprint density at radius 2 is 1.81 bits per heavy atom. The minimum Gasteiger partial charge on any atom is -0.364 e. The number of aliphatic imine (C=N–C) groups is 1. The van der Waals surface area contributed by atoms with Crippen molar-refractivity contribution in [3.05, 3.63) is 107 Å². The van der Waals surface area contributed by atoms with Crippen molar-refractivity contribution >= 4 is 16.9 Å². The SMILES string of the molecule is C[C@@H]1NC(c2cccc(C#N)c2)=N[C@@]1(c1ccc(F)cc1)c1cnc2cccnc2c1. The second kappa shape index (κ2) is 7.29. The Kier molecular flexibility index (Phi) is 4.45. The van der Waals surface area contributed by atoms with Gasteiger partial charge in [-0.1, -0.05) is 24.3 Å². The molecule has 31 heavy (non-hydrogen) atoms. The van der Waals surface area contributed by atoms with Gasteiger partial charge in [0, 0.05) is 23.5 Å². The summed E-state index contributed by atoms with van der Waals surface area (Å²) >= 11 is 0. The number of nitrogens with one attached hydrogen (secondary N) is 1. The molecule has 0 saturated heterocycles. The van der Waals surface area contributed by atoms with Crippen molar-refractivity contribution in [3.63, 3.8) is 0 Å². The van der Waals surface area contributed by atoms with Crippen LogP contribution in [0.4, 0.5) is 4.39 Å². The van der Waals surface area contributed by atoms with E-state index in [-0.39, 0.29) is 11.9 Å². The number of benzene rings is 2. The van der Waals surface area contributed by atoms with Gasteiger partial charge in [0.1, 0.15) is 17.2 Å². The van der Waals surface area contributed by atoms with E-state index in [1.54, 1.807) is 30.5 Å². The standard InChI is InChI=1S/C25H18FN5/c1-16-25(19-7-9-21(26)10-8-19,20-13-23-22(29-15-20)6-3-11-28-23)31-24(30-16)18-5-2-4-17(12-18)14-27/h2-13,15-16H,1H3,(H,30,31)/t16-,25-/m0/s1. The summed E-state index contributed by atoms with van der Waals surface area (Å²) in [5.74, 6) is 0.372. The molecule has 5 rings (SSSR count). The lowest BCUT2D eigenvalue weighted by atomic mass is 9.79. The van der Waals surface area contributed by atoms with Crippen LogP contribution in [0, 0.1) is 17.1 Å². The average Bonchev–Trinajstić information content (AvgIpc) is 3.17. The number of hydrogen-bond donors (Lipinski definition) is 1. The molecule has 2 aromatic carbocycles. The van der Waals surface area contributed by atoms with Gasteiger partial charge in [0.05, 0.1) is 28.7 Å². The third-order valence-electron chi connectivity index (χ3n) is 5.71. The number of rotatable bonds is 3. The first-order valence-electron chi connectivity index (χ1n) is 9.94. The van der Waals surface area contributed by atoms with Crippen LogP contribution in [-0.4, -0.2) is 21.8 Å². The first-order valence-corrected chi connectivity index (χ1v) is 9.94. The smallest absolute Gasteiger partial charge is 0.134 e. The van der Waals surface area contributed by atoms with Gasteiger partial charge in [-0.05, 0) is 55.0 Å². The average molecular weight is 407 g/mol. The highest BCUT2D eigenvalue weighted by Gasteiger charge is 2.45. The maximum absolute atomic E-state index is 13.7. The molecule has 0 saturated carbocycles. The molecule has 150 valence electrons. The van der Waals surface area contributed by atoms with Crippen molar-refractivity contribution < 1.29 is 4.39 Å². The van der Waals surface area contributed by atoms with Crippen molar-refractivity contribution in [2.75, 3.05) is 0 Å². The quantitative estimate of drug-likeness (QED) is 0.549. The molecule has 1 N–H and O–H groups in total. The number of amidine groups is 1. The molecule has 4 aromatic rings. The van der Waals surface area contributed by atoms with Crippen LogP contribution in [0.2, 0.25) is 0 Å². The number of nitriles is 1. The fraction of sp³-hybridized carbons (Fsp3) is 0.120. The highest BCUT2D eigenvalue weighted by atomic mass is 19.1. The molecule has 0 unspecified atom stereocenters. The Labute approximate surface area is 178 Å². The van der Waals surface area contributed by atoms with Gasteiger partial charge in [0.25, 0.3) is 0 Å². The van der Waals surface area contributed by atoms with Gasteiger partial charge in [0.15, 0.2) is 0 Å². The van der Waals surface area contributed by atoms with Crippen molar-refractivity contribution in [1.29, 1.82) is 5.26 Å². The number of aromatic nitrogens is 2. The van der Waals surface area contributed by atoms with Gasteiger partial charge in [-0.15, -0.1) is 0 Å². The van der Waals surface area contributed by atoms with Crippen LogP contribution in [0.1, 0.15) is 29.2 Å². The molecule has 0 fully saturated rings. The van der Waals surface area contributed by atoms with Crippen LogP contribution in [0.25, 0.3) is 11.0 Å². The topological polar surface area (TPSA) is 74.0 Å². The molecule has 0 aliphatic carbocycles. The second-order valence-electron chi connectivity index (χ2n) is 7.56. The Balaban J connectivity index is 1.74. The van der Waals surface area contributed by atoms with Crippen molar-refractivity contribution in [2.45, 2.75) is 18.5 Å². The summed E-state index contributed by atoms with van der Waals surface area (Å²) in [6.07, 6.45) is 3.54. The van der Waals surface area contributed by atoms with Gasteiger partial charge >= 0.3 is 0 Å². The third-order valence-corrected chi connectivity index (χ3v) is 5.71. The van der Waals surface area contributed by atoms with E-state index in [1.165, 1.54) is 12.1 Å². The first kappa shape index (κ1) is 18.9. The summed E-state index contributed by atoms with van der Waals surface area (Å²) in [5.41, 5.74) is 3.82. The maximum atomic E-state index is 13.7. The fourth-order valence-corrected chi connectivity index (χ4v) is 4.16. The van der Waals surface area contributed by atoms with E-state index in [1.807, 2.05) is 43.5 Å². The molecular formula is C25H18FN5. The molecule has 1 aliphatic rings. The molecule has 0 spiro atoms. The highest BCUT2D eigenvalue weighted by Crippen LogP contribution is 2.41. The van der Waals surface area contributed by atoms with Gasteiger partial charge < -0.3 is 5.32 Å². The molecule has 5 nitrogen and oxygen atoms in total. The summed E-state index contributed by atoms with van der Waals surface area (Å²) in [7, 11) is 0. The van der Waals surface area contributed by atoms with Crippen molar-refractivity contribution in [2.24, 2.45) is 4.99 Å². The van der Waals surface area contributed by atoms with E-state index < -0.39 is 5.54 Å². The molecule has 2 atom stereocenters. The van der Waals surface area contributed by atoms with Crippen LogP contribution < -0.4 is 5.32 Å². The zero-order chi connectivity index (χ0) is 21.4. The Morgan fingerprint density at radius 3 is 2.61 bits per heavy atom. The largest absolute Gasteiger partial charge is 0.364 e. The fourth-order valence-electron chi connectivity index (χ4n) is 4.16. The second-order valence-corrected chi connectivity index (χ2v) is 7.56. The number of hydrogen-bond acceptors (Lipinski definition) is 5. The van der Waals surface area contributed by atoms with Gasteiger partial charge in [-0.3, -0.25) is 9.97 Å². The van der Waals surface area contributed by atoms with E-state index in [0.29, 0.717) is 11.4 Å². The van der Waals surface area contributed by atoms with Crippen LogP contribution in [0.3, 0.4) is 0 Å². The molecule has 2 aromatic heterocycles. The highest BCUT2D eigenvalue weighted by molar-refractivity contribution is 6.01. The van der Waals surface area contributed by atoms with E-state index in [2.05, 4.69) is 21.4 Å². The van der Waals surface area contributed by atoms with Gasteiger partial charge in [-0.25, -0.2) is 9.38 Å². The van der Waals surface area contributed by atoms with Crippen LogP contribution in [0.5, 0.6) is 0 Å². The third kappa shape index (κ3) is 3.11. The monoisotopic (exact) mass is 407 g/mol. The minimum absolute atomic E-state index is 0.151. The predicted octanol–water partition coefficient (Wildman–Crippen LogP) is 4.32. The summed E-state index contributed by atoms with van der Waals surface area (Å²) < 4.78 is 13.7. The van der Waals surface area contributed by atoms with E-state index >= 15 is 0 Å². The van der Waals surface area contributed by atoms with E-state index in [9.17, 15) is 9.65 Å². The molecule has 1 aliphatic heterocycles. The number of pyridine rings is 2. The van der Waals surface area contributed by atoms with Crippen LogP contribution >= 0.6 is 0 Å². The summed E-state index contributed by atoms with van der Waals surface area (Å²) in [5, 5.41) is 12.8. The van der Waals surface area contributed by atoms with E-state index in [4.69, 9.17) is 4.99 Å². The molecule has 0 amide bonds. The van der Waals surface area contributed by atoms with Crippen LogP contribution in [-0.2, 0) is 5.54 Å². The number of fused-ring (bicyclic) bond motifs is 1. The molecule has 0 bridgehead atoms. The number of nitrogens with zero attached hydrogens (tertiary/aromatic N) is 4. The Hall–Kier alpha value is -4.11. The summed E-state index contributed by atoms with van der Waals surface area (Å²) in [6.45, 7) is 2.04. The first-order chi connectivity index (χ1) is 15.1. The molecule has 0 radical (unpaired) electrons. The zero-order valence-electron chi connectivity index (χ0n) is 16.7. The number of halogens is 1. The van der Waals surface area contributed by atoms with Gasteiger partial charge in [-0.2, -0.15) is 5.26 Å². The minimum atomic E-state index is -0.829.